The standard InChI is InChI=1S/C27H36F2N2O3S/c1-34-20-6-7-24-22(16-20)25(19(17-28)18-30-24)23(29)8-9-27(26(32)33)10-12-31(13-11-27)14-15-35-21-4-2-3-5-21/h6-7,16,18,21,23H,2-5,8-15,17H2,1H3,(H,32,33)/t23-/m1/s1. The van der Waals surface area contributed by atoms with Crippen molar-refractivity contribution < 1.29 is 23.4 Å². The first kappa shape index (κ1) is 26.1. The summed E-state index contributed by atoms with van der Waals surface area (Å²) in [6.45, 7) is 1.60. The second kappa shape index (κ2) is 11.9. The van der Waals surface area contributed by atoms with E-state index in [0.717, 1.165) is 30.6 Å². The Kier molecular flexibility index (Phi) is 8.87. The highest BCUT2D eigenvalue weighted by Crippen LogP contribution is 2.42. The van der Waals surface area contributed by atoms with Crippen LogP contribution in [0.15, 0.2) is 24.4 Å². The molecule has 2 aliphatic rings. The van der Waals surface area contributed by atoms with Gasteiger partial charge in [-0.05, 0) is 69.8 Å². The summed E-state index contributed by atoms with van der Waals surface area (Å²) in [6, 6.07) is 5.14. The van der Waals surface area contributed by atoms with Gasteiger partial charge in [0.05, 0.1) is 18.0 Å². The number of aromatic nitrogens is 1. The molecule has 8 heteroatoms. The number of rotatable bonds is 11. The number of carboxylic acid groups (broad SMARTS) is 1. The van der Waals surface area contributed by atoms with Gasteiger partial charge in [-0.3, -0.25) is 9.78 Å². The molecule has 2 fully saturated rings. The number of carboxylic acids is 1. The van der Waals surface area contributed by atoms with Crippen LogP contribution in [-0.2, 0) is 11.5 Å². The lowest BCUT2D eigenvalue weighted by Crippen LogP contribution is -2.45. The number of carbonyl (C=O) groups is 1. The molecule has 0 radical (unpaired) electrons. The molecule has 1 atom stereocenters. The maximum absolute atomic E-state index is 15.7. The van der Waals surface area contributed by atoms with E-state index in [1.807, 2.05) is 0 Å². The van der Waals surface area contributed by atoms with Crippen LogP contribution in [0.2, 0.25) is 0 Å². The molecule has 1 N–H and O–H groups in total. The van der Waals surface area contributed by atoms with Crippen molar-refractivity contribution in [3.63, 3.8) is 0 Å². The zero-order valence-corrected chi connectivity index (χ0v) is 21.3. The second-order valence-corrected chi connectivity index (χ2v) is 11.3. The van der Waals surface area contributed by atoms with E-state index in [-0.39, 0.29) is 24.0 Å². The molecule has 0 spiro atoms. The fraction of sp³-hybridized carbons (Fsp3) is 0.630. The van der Waals surface area contributed by atoms with E-state index in [4.69, 9.17) is 4.74 Å². The second-order valence-electron chi connectivity index (χ2n) is 9.92. The Morgan fingerprint density at radius 3 is 2.71 bits per heavy atom. The number of benzene rings is 1. The number of likely N-dealkylation sites (tertiary alicyclic amines) is 1. The molecule has 0 amide bonds. The van der Waals surface area contributed by atoms with Crippen LogP contribution in [-0.4, -0.2) is 58.7 Å². The van der Waals surface area contributed by atoms with Gasteiger partial charge in [0.15, 0.2) is 0 Å². The fourth-order valence-electron chi connectivity index (χ4n) is 5.56. The number of piperidine rings is 1. The SMILES string of the molecule is COc1ccc2ncc(CF)c([C@H](F)CCC3(C(=O)O)CCN(CCSC4CCCC4)CC3)c2c1. The Bertz CT molecular complexity index is 1000. The maximum Gasteiger partial charge on any atom is 0.309 e. The van der Waals surface area contributed by atoms with E-state index in [9.17, 15) is 14.3 Å². The smallest absolute Gasteiger partial charge is 0.309 e. The van der Waals surface area contributed by atoms with E-state index in [2.05, 4.69) is 21.6 Å². The number of halogens is 2. The molecule has 2 heterocycles. The molecule has 1 aromatic carbocycles. The lowest BCUT2D eigenvalue weighted by Gasteiger charge is -2.39. The number of pyridine rings is 1. The molecule has 0 bridgehead atoms. The first-order valence-corrected chi connectivity index (χ1v) is 13.7. The van der Waals surface area contributed by atoms with Crippen molar-refractivity contribution in [2.75, 3.05) is 32.5 Å². The van der Waals surface area contributed by atoms with Crippen molar-refractivity contribution in [3.05, 3.63) is 35.5 Å². The molecule has 1 aliphatic carbocycles. The minimum atomic E-state index is -1.48. The Labute approximate surface area is 210 Å². The summed E-state index contributed by atoms with van der Waals surface area (Å²) in [5, 5.41) is 11.4. The molecular weight excluding hydrogens is 470 g/mol. The van der Waals surface area contributed by atoms with E-state index in [0.29, 0.717) is 29.5 Å². The van der Waals surface area contributed by atoms with Crippen molar-refractivity contribution in [2.45, 2.75) is 69.5 Å². The van der Waals surface area contributed by atoms with Gasteiger partial charge in [-0.2, -0.15) is 11.8 Å². The van der Waals surface area contributed by atoms with Gasteiger partial charge in [-0.25, -0.2) is 8.78 Å². The summed E-state index contributed by atoms with van der Waals surface area (Å²) < 4.78 is 34.7. The van der Waals surface area contributed by atoms with Crippen LogP contribution >= 0.6 is 11.8 Å². The van der Waals surface area contributed by atoms with Crippen molar-refractivity contribution in [2.24, 2.45) is 5.41 Å². The Morgan fingerprint density at radius 2 is 2.06 bits per heavy atom. The molecule has 1 saturated carbocycles. The summed E-state index contributed by atoms with van der Waals surface area (Å²) in [6.07, 6.45) is 6.53. The average Bonchev–Trinajstić information content (AvgIpc) is 3.40. The average molecular weight is 507 g/mol. The Hall–Kier alpha value is -1.93. The topological polar surface area (TPSA) is 62.7 Å². The van der Waals surface area contributed by atoms with Gasteiger partial charge in [0.25, 0.3) is 0 Å². The molecular formula is C27H36F2N2O3S. The maximum atomic E-state index is 15.7. The normalized spacial score (nSPS) is 19.7. The lowest BCUT2D eigenvalue weighted by molar-refractivity contribution is -0.153. The number of ether oxygens (including phenoxy) is 1. The first-order valence-electron chi connectivity index (χ1n) is 12.7. The third-order valence-electron chi connectivity index (χ3n) is 7.86. The van der Waals surface area contributed by atoms with Gasteiger partial charge in [-0.1, -0.05) is 12.8 Å². The van der Waals surface area contributed by atoms with E-state index >= 15 is 4.39 Å². The van der Waals surface area contributed by atoms with Crippen LogP contribution in [0.4, 0.5) is 8.78 Å². The van der Waals surface area contributed by atoms with E-state index in [1.54, 1.807) is 18.2 Å². The molecule has 1 saturated heterocycles. The van der Waals surface area contributed by atoms with Gasteiger partial charge < -0.3 is 14.7 Å². The molecule has 0 unspecified atom stereocenters. The molecule has 2 aromatic rings. The van der Waals surface area contributed by atoms with Crippen molar-refractivity contribution >= 4 is 28.6 Å². The zero-order valence-electron chi connectivity index (χ0n) is 20.5. The monoisotopic (exact) mass is 506 g/mol. The van der Waals surface area contributed by atoms with Gasteiger partial charge in [0.1, 0.15) is 18.6 Å². The van der Waals surface area contributed by atoms with Crippen LogP contribution in [0.5, 0.6) is 5.75 Å². The van der Waals surface area contributed by atoms with Crippen LogP contribution in [0.25, 0.3) is 10.9 Å². The summed E-state index contributed by atoms with van der Waals surface area (Å²) in [5.74, 6) is 0.780. The van der Waals surface area contributed by atoms with Crippen LogP contribution in [0.1, 0.15) is 68.7 Å². The fourth-order valence-corrected chi connectivity index (χ4v) is 6.93. The molecule has 4 rings (SSSR count). The third kappa shape index (κ3) is 6.08. The van der Waals surface area contributed by atoms with E-state index < -0.39 is 24.2 Å². The van der Waals surface area contributed by atoms with Crippen LogP contribution < -0.4 is 4.74 Å². The van der Waals surface area contributed by atoms with Gasteiger partial charge >= 0.3 is 5.97 Å². The highest BCUT2D eigenvalue weighted by Gasteiger charge is 2.41. The summed E-state index contributed by atoms with van der Waals surface area (Å²) in [5.41, 5.74) is 0.100. The summed E-state index contributed by atoms with van der Waals surface area (Å²) in [4.78, 5) is 18.9. The number of nitrogens with zero attached hydrogens (tertiary/aromatic N) is 2. The number of methoxy groups -OCH3 is 1. The minimum absolute atomic E-state index is 0.0349. The van der Waals surface area contributed by atoms with Gasteiger partial charge in [0.2, 0.25) is 0 Å². The molecule has 1 aliphatic heterocycles. The largest absolute Gasteiger partial charge is 0.497 e. The van der Waals surface area contributed by atoms with Crippen molar-refractivity contribution in [3.8, 4) is 5.75 Å². The van der Waals surface area contributed by atoms with Gasteiger partial charge in [-0.15, -0.1) is 0 Å². The van der Waals surface area contributed by atoms with Crippen molar-refractivity contribution in [1.82, 2.24) is 9.88 Å². The lowest BCUT2D eigenvalue weighted by atomic mass is 9.74. The summed E-state index contributed by atoms with van der Waals surface area (Å²) >= 11 is 2.05. The quantitative estimate of drug-likeness (QED) is 0.383. The number of fused-ring (bicyclic) bond motifs is 1. The number of hydrogen-bond acceptors (Lipinski definition) is 5. The molecule has 192 valence electrons. The van der Waals surface area contributed by atoms with Crippen LogP contribution in [0.3, 0.4) is 0 Å². The predicted molar refractivity (Wildman–Crippen MR) is 137 cm³/mol. The number of aliphatic carboxylic acids is 1. The molecule has 5 nitrogen and oxygen atoms in total. The van der Waals surface area contributed by atoms with Crippen molar-refractivity contribution in [1.29, 1.82) is 0 Å². The first-order chi connectivity index (χ1) is 17.0. The molecule has 1 aromatic heterocycles. The number of thioether (sulfide) groups is 1. The Morgan fingerprint density at radius 1 is 1.31 bits per heavy atom. The minimum Gasteiger partial charge on any atom is -0.497 e. The van der Waals surface area contributed by atoms with E-state index in [1.165, 1.54) is 39.0 Å². The van der Waals surface area contributed by atoms with Crippen LogP contribution in [0, 0.1) is 5.41 Å². The highest BCUT2D eigenvalue weighted by atomic mass is 32.2. The number of hydrogen-bond donors (Lipinski definition) is 1. The van der Waals surface area contributed by atoms with Gasteiger partial charge in [0, 0.05) is 40.3 Å². The summed E-state index contributed by atoms with van der Waals surface area (Å²) in [7, 11) is 1.52. The Balaban J connectivity index is 1.40. The zero-order chi connectivity index (χ0) is 24.8. The molecule has 35 heavy (non-hydrogen) atoms. The number of alkyl halides is 2. The predicted octanol–water partition coefficient (Wildman–Crippen LogP) is 6.35. The highest BCUT2D eigenvalue weighted by molar-refractivity contribution is 7.99. The third-order valence-corrected chi connectivity index (χ3v) is 9.22.